The Hall–Kier alpha value is -3.75. The van der Waals surface area contributed by atoms with Crippen LogP contribution in [0.5, 0.6) is 11.5 Å². The van der Waals surface area contributed by atoms with E-state index in [-0.39, 0.29) is 5.91 Å². The predicted octanol–water partition coefficient (Wildman–Crippen LogP) is 3.41. The molecule has 0 bridgehead atoms. The Bertz CT molecular complexity index is 1350. The summed E-state index contributed by atoms with van der Waals surface area (Å²) in [6.45, 7) is 2.55. The van der Waals surface area contributed by atoms with Crippen molar-refractivity contribution in [3.05, 3.63) is 77.1 Å². The number of nitrogens with one attached hydrogen (secondary N) is 2. The lowest BCUT2D eigenvalue weighted by molar-refractivity contribution is -0.834. The number of likely N-dealkylation sites (tertiary alicyclic amines) is 1. The SMILES string of the molecule is O=C1CCCN1Cc1cc2[nH]c(-c3ccccn3)nc2cc1Oc1ccc(C2CC[NH+]([O-])C2)cc1. The Kier molecular flexibility index (Phi) is 5.67. The van der Waals surface area contributed by atoms with Gasteiger partial charge in [0.2, 0.25) is 5.91 Å². The van der Waals surface area contributed by atoms with Crippen molar-refractivity contribution in [2.75, 3.05) is 19.6 Å². The normalized spacial score (nSPS) is 20.1. The molecule has 0 saturated carbocycles. The third-order valence-corrected chi connectivity index (χ3v) is 6.93. The molecule has 2 atom stereocenters. The van der Waals surface area contributed by atoms with Gasteiger partial charge in [0.15, 0.2) is 5.82 Å². The van der Waals surface area contributed by atoms with E-state index in [4.69, 9.17) is 9.72 Å². The molecule has 0 aliphatic carbocycles. The summed E-state index contributed by atoms with van der Waals surface area (Å²) in [7, 11) is 0. The second-order valence-corrected chi connectivity index (χ2v) is 9.35. The minimum atomic E-state index is 0.172. The molecule has 2 fully saturated rings. The van der Waals surface area contributed by atoms with Crippen molar-refractivity contribution in [2.24, 2.45) is 0 Å². The summed E-state index contributed by atoms with van der Waals surface area (Å²) < 4.78 is 6.34. The van der Waals surface area contributed by atoms with Crippen molar-refractivity contribution in [3.8, 4) is 23.0 Å². The van der Waals surface area contributed by atoms with Gasteiger partial charge in [-0.15, -0.1) is 0 Å². The quantitative estimate of drug-likeness (QED) is 0.422. The van der Waals surface area contributed by atoms with Crippen molar-refractivity contribution >= 4 is 16.9 Å². The third kappa shape index (κ3) is 4.50. The predicted molar refractivity (Wildman–Crippen MR) is 132 cm³/mol. The van der Waals surface area contributed by atoms with Crippen LogP contribution < -0.4 is 9.80 Å². The molecule has 2 aromatic heterocycles. The Balaban J connectivity index is 1.32. The summed E-state index contributed by atoms with van der Waals surface area (Å²) >= 11 is 0. The number of hydrogen-bond donors (Lipinski definition) is 2. The van der Waals surface area contributed by atoms with Crippen LogP contribution in [0.25, 0.3) is 22.6 Å². The first-order chi connectivity index (χ1) is 17.1. The van der Waals surface area contributed by atoms with Gasteiger partial charge in [0, 0.05) is 49.7 Å². The van der Waals surface area contributed by atoms with Crippen LogP contribution in [0.15, 0.2) is 60.8 Å². The van der Waals surface area contributed by atoms with E-state index in [0.717, 1.165) is 41.7 Å². The number of quaternary nitrogens is 1. The number of hydroxylamine groups is 2. The molecule has 4 aromatic rings. The van der Waals surface area contributed by atoms with E-state index in [1.165, 1.54) is 5.56 Å². The van der Waals surface area contributed by atoms with Gasteiger partial charge in [-0.05, 0) is 42.3 Å². The van der Waals surface area contributed by atoms with Crippen molar-refractivity contribution in [1.82, 2.24) is 19.9 Å². The van der Waals surface area contributed by atoms with Gasteiger partial charge in [0.25, 0.3) is 0 Å². The summed E-state index contributed by atoms with van der Waals surface area (Å²) in [6, 6.07) is 17.7. The van der Waals surface area contributed by atoms with Crippen LogP contribution in [0.3, 0.4) is 0 Å². The van der Waals surface area contributed by atoms with E-state index in [0.29, 0.717) is 54.4 Å². The Morgan fingerprint density at radius 2 is 2.06 bits per heavy atom. The molecule has 8 nitrogen and oxygen atoms in total. The fourth-order valence-corrected chi connectivity index (χ4v) is 5.04. The molecule has 178 valence electrons. The van der Waals surface area contributed by atoms with Crippen molar-refractivity contribution in [3.63, 3.8) is 0 Å². The van der Waals surface area contributed by atoms with Gasteiger partial charge < -0.3 is 24.9 Å². The molecule has 8 heteroatoms. The number of amides is 1. The maximum atomic E-state index is 12.3. The summed E-state index contributed by atoms with van der Waals surface area (Å²) in [5, 5.41) is 12.0. The molecule has 2 aromatic carbocycles. The van der Waals surface area contributed by atoms with E-state index < -0.39 is 0 Å². The van der Waals surface area contributed by atoms with Crippen molar-refractivity contribution in [2.45, 2.75) is 31.7 Å². The first-order valence-corrected chi connectivity index (χ1v) is 12.1. The number of aromatic amines is 1. The second-order valence-electron chi connectivity index (χ2n) is 9.35. The molecular formula is C27H27N5O3. The summed E-state index contributed by atoms with van der Waals surface area (Å²) in [6.07, 6.45) is 4.14. The van der Waals surface area contributed by atoms with Crippen LogP contribution in [-0.4, -0.2) is 45.4 Å². The number of imidazole rings is 1. The van der Waals surface area contributed by atoms with E-state index in [2.05, 4.69) is 22.1 Å². The lowest BCUT2D eigenvalue weighted by Crippen LogP contribution is -3.05. The molecule has 2 N–H and O–H groups in total. The number of pyridine rings is 1. The van der Waals surface area contributed by atoms with Crippen molar-refractivity contribution < 1.29 is 14.6 Å². The zero-order valence-electron chi connectivity index (χ0n) is 19.4. The van der Waals surface area contributed by atoms with Gasteiger partial charge in [-0.1, -0.05) is 18.2 Å². The zero-order valence-corrected chi connectivity index (χ0v) is 19.4. The fraction of sp³-hybridized carbons (Fsp3) is 0.296. The molecule has 2 aliphatic rings. The highest BCUT2D eigenvalue weighted by molar-refractivity contribution is 5.82. The van der Waals surface area contributed by atoms with E-state index in [1.807, 2.05) is 47.4 Å². The number of carbonyl (C=O) groups excluding carboxylic acids is 1. The number of benzene rings is 2. The van der Waals surface area contributed by atoms with Gasteiger partial charge in [-0.3, -0.25) is 9.78 Å². The minimum Gasteiger partial charge on any atom is -0.634 e. The first-order valence-electron chi connectivity index (χ1n) is 12.1. The average Bonchev–Trinajstić information content (AvgIpc) is 3.60. The molecule has 2 saturated heterocycles. The Morgan fingerprint density at radius 1 is 1.17 bits per heavy atom. The first kappa shape index (κ1) is 21.8. The molecule has 6 rings (SSSR count). The maximum absolute atomic E-state index is 12.3. The molecular weight excluding hydrogens is 442 g/mol. The van der Waals surface area contributed by atoms with Crippen molar-refractivity contribution in [1.29, 1.82) is 0 Å². The average molecular weight is 470 g/mol. The number of hydrogen-bond acceptors (Lipinski definition) is 5. The Labute approximate surface area is 203 Å². The van der Waals surface area contributed by atoms with Crippen LogP contribution in [0.2, 0.25) is 0 Å². The number of fused-ring (bicyclic) bond motifs is 1. The number of H-pyrrole nitrogens is 1. The molecule has 35 heavy (non-hydrogen) atoms. The van der Waals surface area contributed by atoms with Gasteiger partial charge in [0.05, 0.1) is 24.1 Å². The molecule has 1 amide bonds. The highest BCUT2D eigenvalue weighted by atomic mass is 16.5. The van der Waals surface area contributed by atoms with E-state index in [9.17, 15) is 10.0 Å². The summed E-state index contributed by atoms with van der Waals surface area (Å²) in [5.74, 6) is 2.56. The minimum absolute atomic E-state index is 0.172. The van der Waals surface area contributed by atoms with Crippen LogP contribution in [0.1, 0.15) is 36.3 Å². The molecule has 4 heterocycles. The highest BCUT2D eigenvalue weighted by Gasteiger charge is 2.24. The molecule has 2 unspecified atom stereocenters. The van der Waals surface area contributed by atoms with E-state index >= 15 is 0 Å². The van der Waals surface area contributed by atoms with Gasteiger partial charge in [-0.2, -0.15) is 0 Å². The van der Waals surface area contributed by atoms with Crippen LogP contribution >= 0.6 is 0 Å². The summed E-state index contributed by atoms with van der Waals surface area (Å²) in [4.78, 5) is 26.7. The maximum Gasteiger partial charge on any atom is 0.222 e. The standard InChI is InChI=1S/C27H27N5O3/c33-26-5-3-12-31(26)16-20-14-23-24(30-27(29-23)22-4-1-2-11-28-22)15-25(20)35-21-8-6-18(7-9-21)19-10-13-32(34)17-19/h1-2,4,6-9,11,14-15,19,32H,3,5,10,12-13,16-17H2,(H,29,30). The number of nitrogens with zero attached hydrogens (tertiary/aromatic N) is 3. The topological polar surface area (TPSA) is 98.6 Å². The number of aromatic nitrogens is 3. The largest absolute Gasteiger partial charge is 0.634 e. The molecule has 0 radical (unpaired) electrons. The fourth-order valence-electron chi connectivity index (χ4n) is 5.04. The van der Waals surface area contributed by atoms with Gasteiger partial charge >= 0.3 is 0 Å². The van der Waals surface area contributed by atoms with Gasteiger partial charge in [-0.25, -0.2) is 4.98 Å². The zero-order chi connectivity index (χ0) is 23.8. The highest BCUT2D eigenvalue weighted by Crippen LogP contribution is 2.33. The number of ether oxygens (including phenoxy) is 1. The van der Waals surface area contributed by atoms with Crippen LogP contribution in [0.4, 0.5) is 0 Å². The molecule has 0 spiro atoms. The Morgan fingerprint density at radius 3 is 2.77 bits per heavy atom. The monoisotopic (exact) mass is 469 g/mol. The third-order valence-electron chi connectivity index (χ3n) is 6.93. The number of rotatable bonds is 6. The number of carbonyl (C=O) groups is 1. The van der Waals surface area contributed by atoms with Gasteiger partial charge in [0.1, 0.15) is 17.2 Å². The lowest BCUT2D eigenvalue weighted by atomic mass is 9.98. The smallest absolute Gasteiger partial charge is 0.222 e. The lowest BCUT2D eigenvalue weighted by Gasteiger charge is -2.19. The summed E-state index contributed by atoms with van der Waals surface area (Å²) in [5.41, 5.74) is 4.52. The second kappa shape index (κ2) is 9.13. The van der Waals surface area contributed by atoms with E-state index in [1.54, 1.807) is 6.20 Å². The van der Waals surface area contributed by atoms with Crippen LogP contribution in [0, 0.1) is 5.21 Å². The molecule has 2 aliphatic heterocycles. The van der Waals surface area contributed by atoms with Crippen LogP contribution in [-0.2, 0) is 11.3 Å².